The maximum atomic E-state index is 4.27. The maximum Gasteiger partial charge on any atom is 0 e. The van der Waals surface area contributed by atoms with Gasteiger partial charge in [-0.2, -0.15) is 41.8 Å². The first-order valence-electron chi connectivity index (χ1n) is 7.02. The van der Waals surface area contributed by atoms with Crippen molar-refractivity contribution in [2.45, 2.75) is 19.3 Å². The quantitative estimate of drug-likeness (QED) is 0.418. The first-order valence-corrected chi connectivity index (χ1v) is 7.02. The van der Waals surface area contributed by atoms with Gasteiger partial charge in [-0.3, -0.25) is 0 Å². The Kier molecular flexibility index (Phi) is 12.4. The topological polar surface area (TPSA) is 0 Å². The molecule has 0 aliphatic heterocycles. The standard InChI is InChI=1S/C20H18.3Y/c1-15-7-6-10-19-14-17(11-12-20(15)19)13-16(2)18-8-4-3-5-9-18;;;/h3-8,10-12,14,16H,2,13H2,1H3;;;/q-2;;;. The second kappa shape index (κ2) is 11.8. The molecule has 109 valence electrons. The van der Waals surface area contributed by atoms with Crippen molar-refractivity contribution >= 4 is 10.8 Å². The molecule has 3 aromatic carbocycles. The average molecular weight is 525 g/mol. The molecular weight excluding hydrogens is 507 g/mol. The number of benzene rings is 3. The predicted molar refractivity (Wildman–Crippen MR) is 85.8 cm³/mol. The zero-order chi connectivity index (χ0) is 13.9. The molecule has 0 bridgehead atoms. The summed E-state index contributed by atoms with van der Waals surface area (Å²) in [6, 6.07) is 24.6. The summed E-state index contributed by atoms with van der Waals surface area (Å²) in [5.41, 5.74) is 3.84. The molecule has 0 aliphatic rings. The fraction of sp³-hybridized carbons (Fsp3) is 0.150. The van der Waals surface area contributed by atoms with Crippen molar-refractivity contribution in [3.63, 3.8) is 0 Å². The monoisotopic (exact) mass is 525 g/mol. The van der Waals surface area contributed by atoms with Crippen LogP contribution in [-0.2, 0) is 105 Å². The van der Waals surface area contributed by atoms with Crippen LogP contribution in [0.3, 0.4) is 0 Å². The van der Waals surface area contributed by atoms with Gasteiger partial charge >= 0.3 is 0 Å². The maximum absolute atomic E-state index is 4.27. The fourth-order valence-corrected chi connectivity index (χ4v) is 2.68. The van der Waals surface area contributed by atoms with E-state index in [4.69, 9.17) is 0 Å². The number of hydrogen-bond acceptors (Lipinski definition) is 0. The van der Waals surface area contributed by atoms with Crippen molar-refractivity contribution < 1.29 is 98.1 Å². The minimum atomic E-state index is 0. The summed E-state index contributed by atoms with van der Waals surface area (Å²) < 4.78 is 0. The Morgan fingerprint density at radius 3 is 2.43 bits per heavy atom. The normalized spacial score (nSPS) is 10.9. The minimum Gasteiger partial charge on any atom is -0.338 e. The van der Waals surface area contributed by atoms with Gasteiger partial charge in [0.05, 0.1) is 0 Å². The summed E-state index contributed by atoms with van der Waals surface area (Å²) in [4.78, 5) is 0. The van der Waals surface area contributed by atoms with Gasteiger partial charge in [-0.15, -0.1) is 0 Å². The van der Waals surface area contributed by atoms with E-state index in [1.54, 1.807) is 0 Å². The van der Waals surface area contributed by atoms with Gasteiger partial charge in [0.1, 0.15) is 0 Å². The van der Waals surface area contributed by atoms with E-state index in [-0.39, 0.29) is 104 Å². The first kappa shape index (κ1) is 24.2. The molecule has 0 amide bonds. The van der Waals surface area contributed by atoms with Crippen molar-refractivity contribution in [1.29, 1.82) is 0 Å². The smallest absolute Gasteiger partial charge is 0 e. The third kappa shape index (κ3) is 6.47. The van der Waals surface area contributed by atoms with Gasteiger partial charge in [0, 0.05) is 98.1 Å². The van der Waals surface area contributed by atoms with Crippen LogP contribution in [-0.4, -0.2) is 0 Å². The molecule has 0 aromatic heterocycles. The SMILES string of the molecule is [CH2-]C(Cc1ccc2c(C)cccc2c1)c1[c-]cccc1.[Y].[Y].[Y]. The van der Waals surface area contributed by atoms with Crippen LogP contribution in [0.15, 0.2) is 60.7 Å². The predicted octanol–water partition coefficient (Wildman–Crippen LogP) is 5.10. The second-order valence-electron chi connectivity index (χ2n) is 5.35. The molecule has 1 unspecified atom stereocenters. The molecule has 0 saturated carbocycles. The fourth-order valence-electron chi connectivity index (χ4n) is 2.68. The Morgan fingerprint density at radius 2 is 1.74 bits per heavy atom. The summed E-state index contributed by atoms with van der Waals surface area (Å²) in [7, 11) is 0. The van der Waals surface area contributed by atoms with Crippen LogP contribution >= 0.6 is 0 Å². The molecule has 0 fully saturated rings. The molecule has 0 N–H and O–H groups in total. The van der Waals surface area contributed by atoms with Crippen LogP contribution in [0.2, 0.25) is 0 Å². The Bertz CT molecular complexity index is 723. The van der Waals surface area contributed by atoms with Crippen LogP contribution in [0, 0.1) is 19.9 Å². The van der Waals surface area contributed by atoms with Crippen molar-refractivity contribution in [2.75, 3.05) is 0 Å². The summed E-state index contributed by atoms with van der Waals surface area (Å²) >= 11 is 0. The Hall–Kier alpha value is 1.23. The molecule has 0 saturated heterocycles. The van der Waals surface area contributed by atoms with Crippen LogP contribution in [0.4, 0.5) is 0 Å². The van der Waals surface area contributed by atoms with Gasteiger partial charge in [0.15, 0.2) is 0 Å². The summed E-state index contributed by atoms with van der Waals surface area (Å²) in [5, 5.41) is 2.65. The third-order valence-electron chi connectivity index (χ3n) is 3.82. The summed E-state index contributed by atoms with van der Waals surface area (Å²) in [6.45, 7) is 6.43. The van der Waals surface area contributed by atoms with Gasteiger partial charge in [0.25, 0.3) is 0 Å². The van der Waals surface area contributed by atoms with E-state index in [9.17, 15) is 0 Å². The number of rotatable bonds is 3. The van der Waals surface area contributed by atoms with Gasteiger partial charge < -0.3 is 6.92 Å². The van der Waals surface area contributed by atoms with Crippen molar-refractivity contribution in [2.24, 2.45) is 0 Å². The second-order valence-corrected chi connectivity index (χ2v) is 5.35. The molecule has 3 heteroatoms. The number of fused-ring (bicyclic) bond motifs is 1. The molecule has 1 atom stereocenters. The Balaban J connectivity index is 0.00000161. The van der Waals surface area contributed by atoms with E-state index in [1.165, 1.54) is 27.5 Å². The zero-order valence-electron chi connectivity index (χ0n) is 13.5. The number of hydrogen-bond donors (Lipinski definition) is 0. The van der Waals surface area contributed by atoms with Crippen molar-refractivity contribution in [3.05, 3.63) is 90.3 Å². The van der Waals surface area contributed by atoms with Gasteiger partial charge in [0.2, 0.25) is 0 Å². The van der Waals surface area contributed by atoms with Crippen LogP contribution < -0.4 is 0 Å². The minimum absolute atomic E-state index is 0. The molecule has 23 heavy (non-hydrogen) atoms. The third-order valence-corrected chi connectivity index (χ3v) is 3.82. The van der Waals surface area contributed by atoms with E-state index in [2.05, 4.69) is 62.4 Å². The van der Waals surface area contributed by atoms with Crippen LogP contribution in [0.5, 0.6) is 0 Å². The molecular formula is C20H18Y3-2. The van der Waals surface area contributed by atoms with Gasteiger partial charge in [-0.05, 0) is 28.8 Å². The molecule has 0 aliphatic carbocycles. The summed E-state index contributed by atoms with van der Waals surface area (Å²) in [5.74, 6) is 0.249. The Morgan fingerprint density at radius 1 is 0.957 bits per heavy atom. The van der Waals surface area contributed by atoms with Crippen molar-refractivity contribution in [3.8, 4) is 0 Å². The van der Waals surface area contributed by atoms with E-state index < -0.39 is 0 Å². The number of aryl methyl sites for hydroxylation is 1. The largest absolute Gasteiger partial charge is 0.338 e. The van der Waals surface area contributed by atoms with Crippen LogP contribution in [0.1, 0.15) is 22.6 Å². The van der Waals surface area contributed by atoms with Crippen LogP contribution in [0.25, 0.3) is 10.8 Å². The molecule has 0 heterocycles. The van der Waals surface area contributed by atoms with E-state index in [0.717, 1.165) is 6.42 Å². The van der Waals surface area contributed by atoms with E-state index in [1.807, 2.05) is 18.2 Å². The molecule has 0 spiro atoms. The summed E-state index contributed by atoms with van der Waals surface area (Å²) in [6.07, 6.45) is 0.949. The van der Waals surface area contributed by atoms with Gasteiger partial charge in [-0.25, -0.2) is 0 Å². The first-order chi connectivity index (χ1) is 9.74. The zero-order valence-corrected chi connectivity index (χ0v) is 22.0. The average Bonchev–Trinajstić information content (AvgIpc) is 2.48. The molecule has 3 radical (unpaired) electrons. The van der Waals surface area contributed by atoms with Crippen molar-refractivity contribution in [1.82, 2.24) is 0 Å². The molecule has 3 aromatic rings. The Labute approximate surface area is 215 Å². The van der Waals surface area contributed by atoms with Gasteiger partial charge in [-0.1, -0.05) is 42.8 Å². The molecule has 3 rings (SSSR count). The van der Waals surface area contributed by atoms with E-state index in [0.29, 0.717) is 0 Å². The molecule has 0 nitrogen and oxygen atoms in total. The van der Waals surface area contributed by atoms with E-state index >= 15 is 0 Å².